The highest BCUT2D eigenvalue weighted by molar-refractivity contribution is 7.19. The van der Waals surface area contributed by atoms with Gasteiger partial charge in [0.15, 0.2) is 0 Å². The third-order valence-corrected chi connectivity index (χ3v) is 8.75. The van der Waals surface area contributed by atoms with E-state index in [2.05, 4.69) is 5.32 Å². The number of hydrogen-bond acceptors (Lipinski definition) is 8. The number of ether oxygens (including phenoxy) is 3. The van der Waals surface area contributed by atoms with Gasteiger partial charge in [0.1, 0.15) is 12.4 Å². The van der Waals surface area contributed by atoms with Crippen molar-refractivity contribution in [1.82, 2.24) is 14.8 Å². The number of halogens is 1. The molecule has 1 atom stereocenters. The molecule has 0 bridgehead atoms. The first kappa shape index (κ1) is 33.6. The van der Waals surface area contributed by atoms with Crippen LogP contribution in [0.4, 0.5) is 0 Å². The van der Waals surface area contributed by atoms with E-state index in [0.29, 0.717) is 67.1 Å². The zero-order chi connectivity index (χ0) is 31.6. The number of aromatic nitrogens is 1. The lowest BCUT2D eigenvalue weighted by atomic mass is 10.1. The summed E-state index contributed by atoms with van der Waals surface area (Å²) in [6, 6.07) is 14.7. The topological polar surface area (TPSA) is 102 Å². The number of fused-ring (bicyclic) bond motifs is 1. The molecule has 2 N–H and O–H groups in total. The Kier molecular flexibility index (Phi) is 12.4. The molecule has 0 fully saturated rings. The number of hydrogen-bond donors (Lipinski definition) is 2. The van der Waals surface area contributed by atoms with Gasteiger partial charge in [-0.15, -0.1) is 11.3 Å². The van der Waals surface area contributed by atoms with Gasteiger partial charge in [0, 0.05) is 55.5 Å². The van der Waals surface area contributed by atoms with Crippen LogP contribution in [0.1, 0.15) is 33.2 Å². The SMILES string of the molecule is COCCOCCOc1cccc(C(O)CN(C)Cc2sc3c(=O)c(CC(=O)NCc4ccc(Cl)cc4)cn(C)c3c2C)c1. The zero-order valence-corrected chi connectivity index (χ0v) is 27.2. The van der Waals surface area contributed by atoms with E-state index in [1.807, 2.05) is 66.9 Å². The van der Waals surface area contributed by atoms with Gasteiger partial charge in [-0.3, -0.25) is 14.5 Å². The lowest BCUT2D eigenvalue weighted by Gasteiger charge is -2.21. The molecule has 0 aliphatic heterocycles. The summed E-state index contributed by atoms with van der Waals surface area (Å²) in [4.78, 5) is 29.2. The minimum Gasteiger partial charge on any atom is -0.491 e. The largest absolute Gasteiger partial charge is 0.491 e. The number of thiophene rings is 1. The van der Waals surface area contributed by atoms with Crippen LogP contribution in [0.3, 0.4) is 0 Å². The van der Waals surface area contributed by atoms with Crippen LogP contribution in [0, 0.1) is 6.92 Å². The molecule has 236 valence electrons. The number of methoxy groups -OCH3 is 1. The second-order valence-electron chi connectivity index (χ2n) is 10.7. The molecule has 11 heteroatoms. The Morgan fingerprint density at radius 3 is 2.64 bits per heavy atom. The van der Waals surface area contributed by atoms with Crippen molar-refractivity contribution >= 4 is 39.1 Å². The van der Waals surface area contributed by atoms with Crippen LogP contribution in [-0.4, -0.2) is 67.6 Å². The minimum absolute atomic E-state index is 0.00179. The van der Waals surface area contributed by atoms with Gasteiger partial charge in [-0.1, -0.05) is 35.9 Å². The highest BCUT2D eigenvalue weighted by atomic mass is 35.5. The molecule has 0 aliphatic carbocycles. The summed E-state index contributed by atoms with van der Waals surface area (Å²) in [6.07, 6.45) is 1.03. The van der Waals surface area contributed by atoms with Crippen molar-refractivity contribution in [1.29, 1.82) is 0 Å². The van der Waals surface area contributed by atoms with Crippen LogP contribution >= 0.6 is 22.9 Å². The molecule has 4 aromatic rings. The van der Waals surface area contributed by atoms with Gasteiger partial charge >= 0.3 is 0 Å². The van der Waals surface area contributed by atoms with Crippen molar-refractivity contribution in [2.24, 2.45) is 7.05 Å². The summed E-state index contributed by atoms with van der Waals surface area (Å²) in [5.74, 6) is 0.452. The molecule has 2 aromatic heterocycles. The molecule has 2 heterocycles. The van der Waals surface area contributed by atoms with Crippen LogP contribution in [0.25, 0.3) is 10.2 Å². The Morgan fingerprint density at radius 2 is 1.89 bits per heavy atom. The maximum Gasteiger partial charge on any atom is 0.224 e. The molecule has 2 aromatic carbocycles. The Hall–Kier alpha value is -3.25. The fourth-order valence-corrected chi connectivity index (χ4v) is 6.46. The lowest BCUT2D eigenvalue weighted by Crippen LogP contribution is -2.27. The highest BCUT2D eigenvalue weighted by Gasteiger charge is 2.20. The van der Waals surface area contributed by atoms with Crippen molar-refractivity contribution < 1.29 is 24.1 Å². The number of rotatable bonds is 16. The zero-order valence-electron chi connectivity index (χ0n) is 25.6. The van der Waals surface area contributed by atoms with Crippen LogP contribution in [0.15, 0.2) is 59.5 Å². The number of amides is 1. The molecule has 1 unspecified atom stereocenters. The number of nitrogens with zero attached hydrogens (tertiary/aromatic N) is 2. The van der Waals surface area contributed by atoms with Gasteiger partial charge in [0.2, 0.25) is 11.3 Å². The Balaban J connectivity index is 1.37. The molecule has 0 aliphatic rings. The van der Waals surface area contributed by atoms with E-state index in [1.165, 1.54) is 11.3 Å². The first-order valence-corrected chi connectivity index (χ1v) is 15.6. The molecule has 0 saturated heterocycles. The Morgan fingerprint density at radius 1 is 1.14 bits per heavy atom. The van der Waals surface area contributed by atoms with E-state index in [1.54, 1.807) is 25.4 Å². The second kappa shape index (κ2) is 16.2. The van der Waals surface area contributed by atoms with E-state index in [-0.39, 0.29) is 17.8 Å². The van der Waals surface area contributed by atoms with Crippen LogP contribution in [0.5, 0.6) is 5.75 Å². The average molecular weight is 642 g/mol. The highest BCUT2D eigenvalue weighted by Crippen LogP contribution is 2.30. The average Bonchev–Trinajstić information content (AvgIpc) is 3.33. The van der Waals surface area contributed by atoms with Gasteiger partial charge in [-0.05, 0) is 54.9 Å². The molecule has 44 heavy (non-hydrogen) atoms. The molecule has 9 nitrogen and oxygen atoms in total. The van der Waals surface area contributed by atoms with E-state index in [0.717, 1.165) is 27.1 Å². The molecular formula is C33H40ClN3O6S. The molecular weight excluding hydrogens is 602 g/mol. The Labute approximate surface area is 266 Å². The van der Waals surface area contributed by atoms with E-state index in [9.17, 15) is 14.7 Å². The maximum atomic E-state index is 13.4. The van der Waals surface area contributed by atoms with Crippen molar-refractivity contribution in [2.45, 2.75) is 32.5 Å². The van der Waals surface area contributed by atoms with Gasteiger partial charge in [-0.25, -0.2) is 0 Å². The van der Waals surface area contributed by atoms with Crippen molar-refractivity contribution in [3.63, 3.8) is 0 Å². The van der Waals surface area contributed by atoms with Crippen LogP contribution < -0.4 is 15.5 Å². The summed E-state index contributed by atoms with van der Waals surface area (Å²) in [6.45, 7) is 5.25. The number of aliphatic hydroxyl groups is 1. The number of benzene rings is 2. The first-order valence-electron chi connectivity index (χ1n) is 14.4. The van der Waals surface area contributed by atoms with Crippen LogP contribution in [0.2, 0.25) is 5.02 Å². The summed E-state index contributed by atoms with van der Waals surface area (Å²) in [5, 5.41) is 14.5. The number of nitrogens with one attached hydrogen (secondary N) is 1. The monoisotopic (exact) mass is 641 g/mol. The number of aryl methyl sites for hydroxylation is 2. The number of carbonyl (C=O) groups is 1. The predicted octanol–water partition coefficient (Wildman–Crippen LogP) is 4.63. The van der Waals surface area contributed by atoms with Crippen molar-refractivity contribution in [3.05, 3.63) is 97.1 Å². The third kappa shape index (κ3) is 9.13. The van der Waals surface area contributed by atoms with Crippen molar-refractivity contribution in [3.8, 4) is 5.75 Å². The molecule has 0 radical (unpaired) electrons. The van der Waals surface area contributed by atoms with E-state index >= 15 is 0 Å². The van der Waals surface area contributed by atoms with E-state index in [4.69, 9.17) is 25.8 Å². The summed E-state index contributed by atoms with van der Waals surface area (Å²) < 4.78 is 18.7. The van der Waals surface area contributed by atoms with Gasteiger partial charge in [-0.2, -0.15) is 0 Å². The van der Waals surface area contributed by atoms with Gasteiger partial charge < -0.3 is 29.2 Å². The second-order valence-corrected chi connectivity index (χ2v) is 12.3. The number of carbonyl (C=O) groups excluding carboxylic acids is 1. The third-order valence-electron chi connectivity index (χ3n) is 7.24. The fourth-order valence-electron chi connectivity index (χ4n) is 4.93. The van der Waals surface area contributed by atoms with Gasteiger partial charge in [0.05, 0.1) is 42.6 Å². The molecule has 1 amide bonds. The summed E-state index contributed by atoms with van der Waals surface area (Å²) in [7, 11) is 5.47. The Bertz CT molecular complexity index is 1600. The van der Waals surface area contributed by atoms with Crippen molar-refractivity contribution in [2.75, 3.05) is 47.1 Å². The van der Waals surface area contributed by atoms with Crippen LogP contribution in [-0.2, 0) is 40.8 Å². The first-order chi connectivity index (χ1) is 21.2. The predicted molar refractivity (Wildman–Crippen MR) is 175 cm³/mol. The summed E-state index contributed by atoms with van der Waals surface area (Å²) >= 11 is 7.38. The number of aliphatic hydroxyl groups excluding tert-OH is 1. The molecule has 0 saturated carbocycles. The smallest absolute Gasteiger partial charge is 0.224 e. The summed E-state index contributed by atoms with van der Waals surface area (Å²) in [5.41, 5.74) is 3.91. The minimum atomic E-state index is -0.722. The van der Waals surface area contributed by atoms with Gasteiger partial charge in [0.25, 0.3) is 0 Å². The normalized spacial score (nSPS) is 12.2. The maximum absolute atomic E-state index is 13.4. The lowest BCUT2D eigenvalue weighted by molar-refractivity contribution is -0.120. The number of pyridine rings is 1. The standard InChI is InChI=1S/C33H40ClN3O6S/c1-22-29(21-36(2)20-28(38)24-6-5-7-27(16-24)43-15-14-42-13-12-41-4)44-33-31(22)37(3)19-25(32(33)40)17-30(39)35-18-23-8-10-26(34)11-9-23/h5-11,16,19,28,38H,12-15,17-18,20-21H2,1-4H3,(H,35,39). The number of likely N-dealkylation sites (N-methyl/N-ethyl adjacent to an activating group) is 1. The van der Waals surface area contributed by atoms with E-state index < -0.39 is 6.10 Å². The fraction of sp³-hybridized carbons (Fsp3) is 0.394. The molecule has 0 spiro atoms. The quantitative estimate of drug-likeness (QED) is 0.172. The molecule has 4 rings (SSSR count).